The fourth-order valence-electron chi connectivity index (χ4n) is 1.87. The Hall–Kier alpha value is -0.860. The van der Waals surface area contributed by atoms with E-state index in [1.54, 1.807) is 6.92 Å². The molecule has 1 aromatic rings. The van der Waals surface area contributed by atoms with Crippen LogP contribution >= 0.6 is 23.2 Å². The summed E-state index contributed by atoms with van der Waals surface area (Å²) in [5, 5.41) is 2.67. The van der Waals surface area contributed by atoms with E-state index in [4.69, 9.17) is 23.2 Å². The number of amides is 1. The van der Waals surface area contributed by atoms with Crippen LogP contribution in [0.25, 0.3) is 0 Å². The summed E-state index contributed by atoms with van der Waals surface area (Å²) < 4.78 is 23.8. The topological polar surface area (TPSA) is 75.7 Å². The Bertz CT molecular complexity index is 690. The van der Waals surface area contributed by atoms with E-state index in [1.165, 1.54) is 38.4 Å². The maximum Gasteiger partial charge on any atom is 0.264 e. The monoisotopic (exact) mass is 366 g/mol. The maximum atomic E-state index is 12.1. The lowest BCUT2D eigenvalue weighted by atomic mass is 10.1. The first-order valence-corrected chi connectivity index (χ1v) is 8.56. The van der Waals surface area contributed by atoms with Gasteiger partial charge in [-0.15, -0.1) is 23.2 Å². The van der Waals surface area contributed by atoms with Crippen LogP contribution in [0.15, 0.2) is 29.2 Å². The van der Waals surface area contributed by atoms with Crippen LogP contribution < -0.4 is 5.32 Å². The molecule has 1 aliphatic rings. The molecular weight excluding hydrogens is 351 g/mol. The van der Waals surface area contributed by atoms with Gasteiger partial charge in [0.15, 0.2) is 0 Å². The smallest absolute Gasteiger partial charge is 0.264 e. The lowest BCUT2D eigenvalue weighted by molar-refractivity contribution is -0.120. The molecule has 0 heterocycles. The van der Waals surface area contributed by atoms with Crippen LogP contribution in [0, 0.1) is 5.41 Å². The zero-order chi connectivity index (χ0) is 16.8. The molecule has 1 atom stereocenters. The number of halogens is 2. The van der Waals surface area contributed by atoms with E-state index in [9.17, 15) is 13.2 Å². The number of nitrogens with zero attached hydrogens (tertiary/aromatic N) is 1. The van der Waals surface area contributed by atoms with Gasteiger partial charge in [-0.05, 0) is 37.6 Å². The van der Waals surface area contributed by atoms with Crippen molar-refractivity contribution in [2.75, 3.05) is 19.5 Å². The van der Waals surface area contributed by atoms with Crippen molar-refractivity contribution in [2.24, 2.45) is 5.41 Å². The predicted molar refractivity (Wildman–Crippen MR) is 84.2 cm³/mol. The van der Waals surface area contributed by atoms with E-state index in [-0.39, 0.29) is 10.8 Å². The molecule has 1 N–H and O–H groups in total. The number of hydrogen-bond acceptors (Lipinski definition) is 4. The van der Waals surface area contributed by atoms with Crippen LogP contribution in [0.5, 0.6) is 0 Å². The number of hydroxylamine groups is 1. The summed E-state index contributed by atoms with van der Waals surface area (Å²) in [7, 11) is -1.16. The Balaban J connectivity index is 2.12. The molecule has 1 aromatic carbocycles. The molecule has 22 heavy (non-hydrogen) atoms. The molecule has 1 fully saturated rings. The summed E-state index contributed by atoms with van der Waals surface area (Å²) in [6, 6.07) is 5.74. The van der Waals surface area contributed by atoms with Gasteiger partial charge in [0, 0.05) is 12.7 Å². The van der Waals surface area contributed by atoms with E-state index in [0.29, 0.717) is 12.1 Å². The van der Waals surface area contributed by atoms with E-state index >= 15 is 0 Å². The van der Waals surface area contributed by atoms with Gasteiger partial charge in [-0.3, -0.25) is 9.63 Å². The molecule has 122 valence electrons. The standard InChI is InChI=1S/C13H16Cl2N2O4S/c1-12(8-13(12,14)15)11(18)16-9-4-6-10(7-5-9)22(19,20)17(2)21-3/h4-7H,8H2,1-3H3,(H,16,18)/t12-/m0/s1. The molecule has 0 radical (unpaired) electrons. The highest BCUT2D eigenvalue weighted by molar-refractivity contribution is 7.89. The number of rotatable bonds is 5. The number of carbonyl (C=O) groups is 1. The highest BCUT2D eigenvalue weighted by Crippen LogP contribution is 2.64. The van der Waals surface area contributed by atoms with Crippen molar-refractivity contribution in [3.8, 4) is 0 Å². The van der Waals surface area contributed by atoms with Crippen LogP contribution in [0.4, 0.5) is 5.69 Å². The molecule has 0 spiro atoms. The molecular formula is C13H16Cl2N2O4S. The highest BCUT2D eigenvalue weighted by Gasteiger charge is 2.67. The van der Waals surface area contributed by atoms with E-state index < -0.39 is 19.8 Å². The summed E-state index contributed by atoms with van der Waals surface area (Å²) in [5.74, 6) is -0.304. The second kappa shape index (κ2) is 5.65. The highest BCUT2D eigenvalue weighted by atomic mass is 35.5. The fourth-order valence-corrected chi connectivity index (χ4v) is 3.55. The fraction of sp³-hybridized carbons (Fsp3) is 0.462. The summed E-state index contributed by atoms with van der Waals surface area (Å²) in [5.41, 5.74) is -0.377. The van der Waals surface area contributed by atoms with Crippen molar-refractivity contribution >= 4 is 44.8 Å². The Labute approximate surface area is 139 Å². The van der Waals surface area contributed by atoms with Gasteiger partial charge in [-0.2, -0.15) is 0 Å². The number of hydrogen-bond donors (Lipinski definition) is 1. The van der Waals surface area contributed by atoms with Crippen molar-refractivity contribution in [1.82, 2.24) is 4.47 Å². The van der Waals surface area contributed by atoms with Gasteiger partial charge in [0.2, 0.25) is 5.91 Å². The van der Waals surface area contributed by atoms with Gasteiger partial charge in [-0.25, -0.2) is 8.42 Å². The lowest BCUT2D eigenvalue weighted by Crippen LogP contribution is -2.26. The van der Waals surface area contributed by atoms with Crippen LogP contribution in [-0.4, -0.2) is 37.3 Å². The second-order valence-electron chi connectivity index (χ2n) is 5.29. The number of anilines is 1. The first-order chi connectivity index (χ1) is 10.0. The van der Waals surface area contributed by atoms with Gasteiger partial charge in [0.1, 0.15) is 4.33 Å². The largest absolute Gasteiger partial charge is 0.326 e. The third-order valence-electron chi connectivity index (χ3n) is 3.76. The SMILES string of the molecule is CON(C)S(=O)(=O)c1ccc(NC(=O)[C@]2(C)CC2(Cl)Cl)cc1. The average Bonchev–Trinajstić information content (AvgIpc) is 2.98. The van der Waals surface area contributed by atoms with Crippen LogP contribution in [-0.2, 0) is 19.7 Å². The molecule has 0 aliphatic heterocycles. The predicted octanol–water partition coefficient (Wildman–Crippen LogP) is 2.39. The molecule has 1 amide bonds. The van der Waals surface area contributed by atoms with Crippen molar-refractivity contribution < 1.29 is 18.0 Å². The summed E-state index contributed by atoms with van der Waals surface area (Å²) in [6.07, 6.45) is 0.375. The minimum atomic E-state index is -3.71. The molecule has 9 heteroatoms. The second-order valence-corrected chi connectivity index (χ2v) is 8.71. The zero-order valence-corrected chi connectivity index (χ0v) is 14.6. The number of alkyl halides is 2. The van der Waals surface area contributed by atoms with Gasteiger partial charge in [-0.1, -0.05) is 4.47 Å². The minimum Gasteiger partial charge on any atom is -0.326 e. The van der Waals surface area contributed by atoms with Gasteiger partial charge < -0.3 is 5.32 Å². The Morgan fingerprint density at radius 2 is 1.82 bits per heavy atom. The van der Waals surface area contributed by atoms with Crippen LogP contribution in [0.3, 0.4) is 0 Å². The molecule has 1 aliphatic carbocycles. The van der Waals surface area contributed by atoms with E-state index in [0.717, 1.165) is 4.47 Å². The van der Waals surface area contributed by atoms with Gasteiger partial charge in [0.05, 0.1) is 17.4 Å². The summed E-state index contributed by atoms with van der Waals surface area (Å²) in [4.78, 5) is 16.9. The Morgan fingerprint density at radius 1 is 1.32 bits per heavy atom. The van der Waals surface area contributed by atoms with Crippen LogP contribution in [0.2, 0.25) is 0 Å². The number of carbonyl (C=O) groups excluding carboxylic acids is 1. The minimum absolute atomic E-state index is 0.0523. The molecule has 0 aromatic heterocycles. The van der Waals surface area contributed by atoms with Crippen molar-refractivity contribution in [1.29, 1.82) is 0 Å². The Kier molecular flexibility index (Phi) is 4.49. The quantitative estimate of drug-likeness (QED) is 0.641. The van der Waals surface area contributed by atoms with Crippen molar-refractivity contribution in [2.45, 2.75) is 22.6 Å². The molecule has 0 saturated heterocycles. The number of nitrogens with one attached hydrogen (secondary N) is 1. The van der Waals surface area contributed by atoms with Crippen LogP contribution in [0.1, 0.15) is 13.3 Å². The van der Waals surface area contributed by atoms with Gasteiger partial charge in [0.25, 0.3) is 10.0 Å². The summed E-state index contributed by atoms with van der Waals surface area (Å²) >= 11 is 11.9. The third-order valence-corrected chi connectivity index (χ3v) is 6.56. The first-order valence-electron chi connectivity index (χ1n) is 6.37. The molecule has 0 unspecified atom stereocenters. The third kappa shape index (κ3) is 2.96. The van der Waals surface area contributed by atoms with E-state index in [1.807, 2.05) is 0 Å². The Morgan fingerprint density at radius 3 is 2.23 bits per heavy atom. The number of sulfonamides is 1. The molecule has 0 bridgehead atoms. The normalized spacial score (nSPS) is 23.4. The number of benzene rings is 1. The molecule has 2 rings (SSSR count). The van der Waals surface area contributed by atoms with Gasteiger partial charge >= 0.3 is 0 Å². The van der Waals surface area contributed by atoms with Crippen molar-refractivity contribution in [3.63, 3.8) is 0 Å². The molecule has 1 saturated carbocycles. The van der Waals surface area contributed by atoms with Crippen molar-refractivity contribution in [3.05, 3.63) is 24.3 Å². The average molecular weight is 367 g/mol. The van der Waals surface area contributed by atoms with E-state index in [2.05, 4.69) is 10.2 Å². The maximum absolute atomic E-state index is 12.1. The summed E-state index contributed by atoms with van der Waals surface area (Å²) in [6.45, 7) is 1.68. The lowest BCUT2D eigenvalue weighted by Gasteiger charge is -2.15. The zero-order valence-electron chi connectivity index (χ0n) is 12.3. The first kappa shape index (κ1) is 17.5. The molecule has 6 nitrogen and oxygen atoms in total.